The van der Waals surface area contributed by atoms with Gasteiger partial charge in [-0.05, 0) is 35.6 Å². The van der Waals surface area contributed by atoms with Crippen LogP contribution in [0.1, 0.15) is 35.3 Å². The number of hydrogen-bond donors (Lipinski definition) is 2. The lowest BCUT2D eigenvalue weighted by Crippen LogP contribution is -2.25. The van der Waals surface area contributed by atoms with E-state index in [4.69, 9.17) is 0 Å². The molecule has 3 rings (SSSR count). The number of aliphatic hydroxyl groups excluding tert-OH is 1. The Bertz CT molecular complexity index is 585. The first-order valence-corrected chi connectivity index (χ1v) is 7.78. The first-order valence-electron chi connectivity index (χ1n) is 6.99. The Morgan fingerprint density at radius 3 is 2.75 bits per heavy atom. The summed E-state index contributed by atoms with van der Waals surface area (Å²) in [7, 11) is 0. The molecule has 0 spiro atoms. The third-order valence-electron chi connectivity index (χ3n) is 3.96. The van der Waals surface area contributed by atoms with Crippen molar-refractivity contribution in [3.05, 3.63) is 69.7 Å². The summed E-state index contributed by atoms with van der Waals surface area (Å²) in [6.07, 6.45) is 1.74. The molecule has 0 aliphatic heterocycles. The van der Waals surface area contributed by atoms with E-state index >= 15 is 0 Å². The molecule has 0 bridgehead atoms. The van der Waals surface area contributed by atoms with Gasteiger partial charge >= 0.3 is 0 Å². The van der Waals surface area contributed by atoms with Crippen LogP contribution in [0, 0.1) is 0 Å². The van der Waals surface area contributed by atoms with E-state index in [1.54, 1.807) is 0 Å². The zero-order valence-corrected chi connectivity index (χ0v) is 12.8. The molecule has 0 saturated heterocycles. The highest BCUT2D eigenvalue weighted by molar-refractivity contribution is 9.10. The maximum Gasteiger partial charge on any atom is 0.0914 e. The molecule has 0 fully saturated rings. The highest BCUT2D eigenvalue weighted by Gasteiger charge is 2.24. The molecular formula is C17H18BrNO. The van der Waals surface area contributed by atoms with Crippen molar-refractivity contribution in [1.82, 2.24) is 5.32 Å². The average Bonchev–Trinajstić information content (AvgIpc) is 2.90. The number of hydrogen-bond acceptors (Lipinski definition) is 2. The minimum Gasteiger partial charge on any atom is -0.387 e. The molecule has 2 unspecified atom stereocenters. The van der Waals surface area contributed by atoms with Gasteiger partial charge in [-0.25, -0.2) is 0 Å². The van der Waals surface area contributed by atoms with Gasteiger partial charge < -0.3 is 10.4 Å². The van der Waals surface area contributed by atoms with Gasteiger partial charge in [0.1, 0.15) is 0 Å². The summed E-state index contributed by atoms with van der Waals surface area (Å²) < 4.78 is 1.20. The molecule has 104 valence electrons. The molecule has 2 N–H and O–H groups in total. The van der Waals surface area contributed by atoms with Gasteiger partial charge in [-0.15, -0.1) is 0 Å². The molecule has 0 saturated carbocycles. The van der Waals surface area contributed by atoms with E-state index in [1.807, 2.05) is 30.3 Å². The zero-order valence-electron chi connectivity index (χ0n) is 11.2. The fraction of sp³-hybridized carbons (Fsp3) is 0.294. The van der Waals surface area contributed by atoms with Crippen molar-refractivity contribution >= 4 is 15.9 Å². The largest absolute Gasteiger partial charge is 0.387 e. The molecule has 0 heterocycles. The average molecular weight is 332 g/mol. The van der Waals surface area contributed by atoms with Crippen molar-refractivity contribution in [2.24, 2.45) is 0 Å². The summed E-state index contributed by atoms with van der Waals surface area (Å²) >= 11 is 3.61. The third kappa shape index (κ3) is 2.80. The van der Waals surface area contributed by atoms with E-state index in [-0.39, 0.29) is 0 Å². The van der Waals surface area contributed by atoms with E-state index in [9.17, 15) is 5.11 Å². The third-order valence-corrected chi connectivity index (χ3v) is 4.70. The second-order valence-electron chi connectivity index (χ2n) is 5.23. The van der Waals surface area contributed by atoms with Crippen LogP contribution >= 0.6 is 15.9 Å². The van der Waals surface area contributed by atoms with Gasteiger partial charge in [-0.3, -0.25) is 0 Å². The second kappa shape index (κ2) is 6.08. The fourth-order valence-corrected chi connectivity index (χ4v) is 3.45. The van der Waals surface area contributed by atoms with Crippen molar-refractivity contribution in [3.8, 4) is 0 Å². The molecule has 0 amide bonds. The van der Waals surface area contributed by atoms with Crippen LogP contribution in [0.25, 0.3) is 0 Å². The van der Waals surface area contributed by atoms with Gasteiger partial charge in [0.25, 0.3) is 0 Å². The van der Waals surface area contributed by atoms with Crippen molar-refractivity contribution in [1.29, 1.82) is 0 Å². The molecule has 2 atom stereocenters. The molecular weight excluding hydrogens is 314 g/mol. The van der Waals surface area contributed by atoms with Crippen LogP contribution in [-0.4, -0.2) is 11.7 Å². The van der Waals surface area contributed by atoms with Gasteiger partial charge in [0.15, 0.2) is 0 Å². The molecule has 20 heavy (non-hydrogen) atoms. The SMILES string of the molecule is OC(CNC1CCc2c(Br)cccc21)c1ccccc1. The molecule has 1 aliphatic carbocycles. The van der Waals surface area contributed by atoms with Crippen LogP contribution in [-0.2, 0) is 6.42 Å². The number of fused-ring (bicyclic) bond motifs is 1. The predicted octanol–water partition coefficient (Wildman–Crippen LogP) is 3.76. The van der Waals surface area contributed by atoms with Crippen molar-refractivity contribution in [3.63, 3.8) is 0 Å². The quantitative estimate of drug-likeness (QED) is 0.894. The number of nitrogens with one attached hydrogen (secondary N) is 1. The Kier molecular flexibility index (Phi) is 4.20. The van der Waals surface area contributed by atoms with E-state index in [2.05, 4.69) is 39.4 Å². The smallest absolute Gasteiger partial charge is 0.0914 e. The first-order chi connectivity index (χ1) is 9.75. The maximum atomic E-state index is 10.2. The zero-order chi connectivity index (χ0) is 13.9. The Morgan fingerprint density at radius 2 is 1.95 bits per heavy atom. The van der Waals surface area contributed by atoms with E-state index in [0.717, 1.165) is 18.4 Å². The molecule has 3 heteroatoms. The summed E-state index contributed by atoms with van der Waals surface area (Å²) in [4.78, 5) is 0. The molecule has 2 aromatic carbocycles. The van der Waals surface area contributed by atoms with Gasteiger partial charge in [-0.1, -0.05) is 58.4 Å². The Labute approximate surface area is 128 Å². The molecule has 2 aromatic rings. The number of aliphatic hydroxyl groups is 1. The van der Waals surface area contributed by atoms with Crippen molar-refractivity contribution < 1.29 is 5.11 Å². The van der Waals surface area contributed by atoms with E-state index in [0.29, 0.717) is 12.6 Å². The Hall–Kier alpha value is -1.16. The molecule has 0 aromatic heterocycles. The Morgan fingerprint density at radius 1 is 1.15 bits per heavy atom. The highest BCUT2D eigenvalue weighted by Crippen LogP contribution is 2.35. The fourth-order valence-electron chi connectivity index (χ4n) is 2.87. The van der Waals surface area contributed by atoms with Crippen LogP contribution in [0.5, 0.6) is 0 Å². The summed E-state index contributed by atoms with van der Waals surface area (Å²) in [5, 5.41) is 13.7. The summed E-state index contributed by atoms with van der Waals surface area (Å²) in [6.45, 7) is 0.584. The predicted molar refractivity (Wildman–Crippen MR) is 84.6 cm³/mol. The van der Waals surface area contributed by atoms with Gasteiger partial charge in [0.05, 0.1) is 6.10 Å². The maximum absolute atomic E-state index is 10.2. The molecule has 1 aliphatic rings. The normalized spacial score (nSPS) is 18.8. The van der Waals surface area contributed by atoms with Crippen LogP contribution in [0.15, 0.2) is 53.0 Å². The standard InChI is InChI=1S/C17H18BrNO/c18-15-8-4-7-14-13(15)9-10-16(14)19-11-17(20)12-5-2-1-3-6-12/h1-8,16-17,19-20H,9-11H2. The van der Waals surface area contributed by atoms with Gasteiger partial charge in [0.2, 0.25) is 0 Å². The monoisotopic (exact) mass is 331 g/mol. The molecule has 2 nitrogen and oxygen atoms in total. The van der Waals surface area contributed by atoms with E-state index < -0.39 is 6.10 Å². The summed E-state index contributed by atoms with van der Waals surface area (Å²) in [5.74, 6) is 0. The van der Waals surface area contributed by atoms with Crippen molar-refractivity contribution in [2.45, 2.75) is 25.0 Å². The minimum absolute atomic E-state index is 0.348. The number of benzene rings is 2. The Balaban J connectivity index is 1.65. The first kappa shape index (κ1) is 13.8. The highest BCUT2D eigenvalue weighted by atomic mass is 79.9. The summed E-state index contributed by atoms with van der Waals surface area (Å²) in [6, 6.07) is 16.5. The van der Waals surface area contributed by atoms with Crippen LogP contribution in [0.4, 0.5) is 0 Å². The minimum atomic E-state index is -0.451. The lowest BCUT2D eigenvalue weighted by atomic mass is 10.1. The lowest BCUT2D eigenvalue weighted by molar-refractivity contribution is 0.169. The van der Waals surface area contributed by atoms with Gasteiger partial charge in [0, 0.05) is 17.1 Å². The second-order valence-corrected chi connectivity index (χ2v) is 6.09. The molecule has 0 radical (unpaired) electrons. The van der Waals surface area contributed by atoms with Crippen LogP contribution in [0.3, 0.4) is 0 Å². The van der Waals surface area contributed by atoms with Crippen molar-refractivity contribution in [2.75, 3.05) is 6.54 Å². The van der Waals surface area contributed by atoms with Crippen LogP contribution < -0.4 is 5.32 Å². The van der Waals surface area contributed by atoms with E-state index in [1.165, 1.54) is 15.6 Å². The number of rotatable bonds is 4. The topological polar surface area (TPSA) is 32.3 Å². The van der Waals surface area contributed by atoms with Gasteiger partial charge in [-0.2, -0.15) is 0 Å². The summed E-state index contributed by atoms with van der Waals surface area (Å²) in [5.41, 5.74) is 3.73. The lowest BCUT2D eigenvalue weighted by Gasteiger charge is -2.18. The van der Waals surface area contributed by atoms with Crippen LogP contribution in [0.2, 0.25) is 0 Å². The number of halogens is 1.